The maximum absolute atomic E-state index is 12.4. The van der Waals surface area contributed by atoms with Crippen LogP contribution in [0.25, 0.3) is 0 Å². The van der Waals surface area contributed by atoms with E-state index in [1.54, 1.807) is 0 Å². The number of carbonyl (C=O) groups is 1. The van der Waals surface area contributed by atoms with Gasteiger partial charge in [-0.2, -0.15) is 0 Å². The van der Waals surface area contributed by atoms with Crippen molar-refractivity contribution in [2.45, 2.75) is 51.2 Å². The molecular weight excluding hydrogens is 218 g/mol. The van der Waals surface area contributed by atoms with Gasteiger partial charge in [-0.05, 0) is 38.0 Å². The van der Waals surface area contributed by atoms with Crippen LogP contribution in [-0.2, 0) is 9.53 Å². The topological polar surface area (TPSA) is 49.8 Å². The van der Waals surface area contributed by atoms with Gasteiger partial charge in [-0.15, -0.1) is 0 Å². The lowest BCUT2D eigenvalue weighted by Crippen LogP contribution is -2.49. The average molecular weight is 241 g/mol. The fourth-order valence-corrected chi connectivity index (χ4v) is 2.91. The monoisotopic (exact) mass is 241 g/mol. The van der Waals surface area contributed by atoms with Crippen LogP contribution in [0, 0.1) is 5.92 Å². The normalized spacial score (nSPS) is 34.0. The Kier molecular flexibility index (Phi) is 4.40. The number of aliphatic hydroxyl groups excluding tert-OH is 1. The summed E-state index contributed by atoms with van der Waals surface area (Å²) in [5, 5.41) is 9.07. The van der Waals surface area contributed by atoms with E-state index in [9.17, 15) is 4.79 Å². The predicted molar refractivity (Wildman–Crippen MR) is 64.6 cm³/mol. The summed E-state index contributed by atoms with van der Waals surface area (Å²) in [5.41, 5.74) is 0. The smallest absolute Gasteiger partial charge is 0.252 e. The predicted octanol–water partition coefficient (Wildman–Crippen LogP) is 1.17. The number of amides is 1. The van der Waals surface area contributed by atoms with Gasteiger partial charge in [-0.25, -0.2) is 0 Å². The van der Waals surface area contributed by atoms with Gasteiger partial charge in [0.15, 0.2) is 0 Å². The van der Waals surface area contributed by atoms with Gasteiger partial charge in [0.1, 0.15) is 6.10 Å². The van der Waals surface area contributed by atoms with Crippen LogP contribution in [0.4, 0.5) is 0 Å². The van der Waals surface area contributed by atoms with E-state index >= 15 is 0 Å². The third-order valence-electron chi connectivity index (χ3n) is 4.00. The summed E-state index contributed by atoms with van der Waals surface area (Å²) in [6, 6.07) is 0.220. The Balaban J connectivity index is 2.00. The Hall–Kier alpha value is -0.610. The van der Waals surface area contributed by atoms with Crippen molar-refractivity contribution in [3.8, 4) is 0 Å². The molecule has 3 unspecified atom stereocenters. The Morgan fingerprint density at radius 3 is 2.88 bits per heavy atom. The van der Waals surface area contributed by atoms with Gasteiger partial charge in [0.05, 0.1) is 0 Å². The number of carbonyl (C=O) groups excluding carboxylic acids is 1. The second-order valence-corrected chi connectivity index (χ2v) is 5.25. The van der Waals surface area contributed by atoms with Crippen LogP contribution in [0.15, 0.2) is 0 Å². The number of ether oxygens (including phenoxy) is 1. The minimum atomic E-state index is -0.241. The van der Waals surface area contributed by atoms with Crippen LogP contribution in [-0.4, -0.2) is 47.8 Å². The molecule has 0 aromatic heterocycles. The summed E-state index contributed by atoms with van der Waals surface area (Å²) in [4.78, 5) is 14.4. The van der Waals surface area contributed by atoms with Gasteiger partial charge in [-0.3, -0.25) is 4.79 Å². The third kappa shape index (κ3) is 2.80. The van der Waals surface area contributed by atoms with Crippen LogP contribution < -0.4 is 0 Å². The molecule has 2 heterocycles. The van der Waals surface area contributed by atoms with E-state index in [-0.39, 0.29) is 24.7 Å². The van der Waals surface area contributed by atoms with E-state index in [4.69, 9.17) is 9.84 Å². The maximum atomic E-state index is 12.4. The number of nitrogens with zero attached hydrogens (tertiary/aromatic N) is 1. The van der Waals surface area contributed by atoms with E-state index in [2.05, 4.69) is 6.92 Å². The standard InChI is InChI=1S/C13H23NO3/c1-10-6-9-17-12(10)13(16)14-7-3-2-4-11(14)5-8-15/h10-12,15H,2-9H2,1H3. The Morgan fingerprint density at radius 2 is 2.24 bits per heavy atom. The van der Waals surface area contributed by atoms with Crippen molar-refractivity contribution in [3.63, 3.8) is 0 Å². The van der Waals surface area contributed by atoms with Crippen LogP contribution >= 0.6 is 0 Å². The number of aliphatic hydroxyl groups is 1. The Bertz CT molecular complexity index is 267. The molecular formula is C13H23NO3. The number of piperidine rings is 1. The van der Waals surface area contributed by atoms with Crippen molar-refractivity contribution in [3.05, 3.63) is 0 Å². The molecule has 0 aromatic carbocycles. The first-order valence-electron chi connectivity index (χ1n) is 6.77. The average Bonchev–Trinajstić information content (AvgIpc) is 2.76. The minimum absolute atomic E-state index is 0.146. The lowest BCUT2D eigenvalue weighted by Gasteiger charge is -2.37. The molecule has 0 saturated carbocycles. The molecule has 0 radical (unpaired) electrons. The second kappa shape index (κ2) is 5.83. The van der Waals surface area contributed by atoms with Crippen molar-refractivity contribution in [1.82, 2.24) is 4.90 Å². The van der Waals surface area contributed by atoms with Crippen LogP contribution in [0.5, 0.6) is 0 Å². The van der Waals surface area contributed by atoms with Gasteiger partial charge in [0, 0.05) is 25.8 Å². The number of hydrogen-bond donors (Lipinski definition) is 1. The summed E-state index contributed by atoms with van der Waals surface area (Å²) < 4.78 is 5.55. The summed E-state index contributed by atoms with van der Waals surface area (Å²) in [6.45, 7) is 3.78. The summed E-state index contributed by atoms with van der Waals surface area (Å²) in [7, 11) is 0. The molecule has 0 bridgehead atoms. The van der Waals surface area contributed by atoms with E-state index in [0.717, 1.165) is 32.2 Å². The molecule has 2 rings (SSSR count). The lowest BCUT2D eigenvalue weighted by atomic mass is 9.96. The minimum Gasteiger partial charge on any atom is -0.396 e. The second-order valence-electron chi connectivity index (χ2n) is 5.25. The first-order valence-corrected chi connectivity index (χ1v) is 6.77. The molecule has 1 amide bonds. The Morgan fingerprint density at radius 1 is 1.41 bits per heavy atom. The molecule has 2 fully saturated rings. The molecule has 0 spiro atoms. The fraction of sp³-hybridized carbons (Fsp3) is 0.923. The van der Waals surface area contributed by atoms with Crippen molar-refractivity contribution in [2.75, 3.05) is 19.8 Å². The number of rotatable bonds is 3. The molecule has 98 valence electrons. The van der Waals surface area contributed by atoms with Crippen molar-refractivity contribution in [2.24, 2.45) is 5.92 Å². The molecule has 4 heteroatoms. The Labute approximate surface area is 103 Å². The highest BCUT2D eigenvalue weighted by atomic mass is 16.5. The third-order valence-corrected chi connectivity index (χ3v) is 4.00. The zero-order chi connectivity index (χ0) is 12.3. The van der Waals surface area contributed by atoms with Gasteiger partial charge in [0.2, 0.25) is 0 Å². The number of likely N-dealkylation sites (tertiary alicyclic amines) is 1. The van der Waals surface area contributed by atoms with E-state index < -0.39 is 0 Å². The van der Waals surface area contributed by atoms with E-state index in [1.807, 2.05) is 4.90 Å². The highest BCUT2D eigenvalue weighted by Gasteiger charge is 2.37. The van der Waals surface area contributed by atoms with Crippen molar-refractivity contribution >= 4 is 5.91 Å². The SMILES string of the molecule is CC1CCOC1C(=O)N1CCCCC1CCO. The molecule has 2 aliphatic rings. The van der Waals surface area contributed by atoms with Crippen molar-refractivity contribution in [1.29, 1.82) is 0 Å². The molecule has 0 aromatic rings. The highest BCUT2D eigenvalue weighted by molar-refractivity contribution is 5.82. The maximum Gasteiger partial charge on any atom is 0.252 e. The molecule has 0 aliphatic carbocycles. The zero-order valence-corrected chi connectivity index (χ0v) is 10.6. The van der Waals surface area contributed by atoms with Gasteiger partial charge < -0.3 is 14.7 Å². The van der Waals surface area contributed by atoms with Gasteiger partial charge >= 0.3 is 0 Å². The lowest BCUT2D eigenvalue weighted by molar-refractivity contribution is -0.146. The molecule has 1 N–H and O–H groups in total. The van der Waals surface area contributed by atoms with Gasteiger partial charge in [0.25, 0.3) is 5.91 Å². The van der Waals surface area contributed by atoms with E-state index in [0.29, 0.717) is 18.9 Å². The van der Waals surface area contributed by atoms with Crippen LogP contribution in [0.1, 0.15) is 39.0 Å². The molecule has 17 heavy (non-hydrogen) atoms. The van der Waals surface area contributed by atoms with Crippen molar-refractivity contribution < 1.29 is 14.6 Å². The molecule has 2 saturated heterocycles. The number of hydrogen-bond acceptors (Lipinski definition) is 3. The van der Waals surface area contributed by atoms with E-state index in [1.165, 1.54) is 0 Å². The highest BCUT2D eigenvalue weighted by Crippen LogP contribution is 2.26. The molecule has 2 aliphatic heterocycles. The quantitative estimate of drug-likeness (QED) is 0.807. The molecule has 3 atom stereocenters. The van der Waals surface area contributed by atoms with Gasteiger partial charge in [-0.1, -0.05) is 6.92 Å². The first kappa shape index (κ1) is 12.8. The summed E-state index contributed by atoms with van der Waals surface area (Å²) in [5.74, 6) is 0.479. The summed E-state index contributed by atoms with van der Waals surface area (Å²) >= 11 is 0. The first-order chi connectivity index (χ1) is 8.24. The zero-order valence-electron chi connectivity index (χ0n) is 10.6. The fourth-order valence-electron chi connectivity index (χ4n) is 2.91. The van der Waals surface area contributed by atoms with Crippen LogP contribution in [0.2, 0.25) is 0 Å². The van der Waals surface area contributed by atoms with Crippen LogP contribution in [0.3, 0.4) is 0 Å². The largest absolute Gasteiger partial charge is 0.396 e. The molecule has 4 nitrogen and oxygen atoms in total. The summed E-state index contributed by atoms with van der Waals surface area (Å²) in [6.07, 6.45) is 4.70.